The molecule has 0 saturated heterocycles. The first-order valence-corrected chi connectivity index (χ1v) is 15.5. The second-order valence-electron chi connectivity index (χ2n) is 10.3. The minimum absolute atomic E-state index is 0.0794. The fraction of sp³-hybridized carbons (Fsp3) is 0.355. The quantitative estimate of drug-likeness (QED) is 0.332. The highest BCUT2D eigenvalue weighted by atomic mass is 35.5. The number of carbonyl (C=O) groups is 2. The van der Waals surface area contributed by atoms with Crippen LogP contribution in [0.3, 0.4) is 0 Å². The maximum atomic E-state index is 14.0. The summed E-state index contributed by atoms with van der Waals surface area (Å²) in [4.78, 5) is 28.9. The predicted molar refractivity (Wildman–Crippen MR) is 159 cm³/mol. The number of rotatable bonds is 10. The van der Waals surface area contributed by atoms with Crippen LogP contribution in [0.2, 0.25) is 5.02 Å². The van der Waals surface area contributed by atoms with Crippen molar-refractivity contribution >= 4 is 39.1 Å². The van der Waals surface area contributed by atoms with Crippen molar-refractivity contribution in [3.8, 4) is 0 Å². The summed E-state index contributed by atoms with van der Waals surface area (Å²) >= 11 is 6.07. The van der Waals surface area contributed by atoms with Crippen LogP contribution in [0.15, 0.2) is 83.8 Å². The summed E-state index contributed by atoms with van der Waals surface area (Å²) in [5.41, 5.74) is 2.11. The lowest BCUT2D eigenvalue weighted by Gasteiger charge is -2.33. The average molecular weight is 582 g/mol. The molecule has 7 nitrogen and oxygen atoms in total. The number of halogens is 1. The fourth-order valence-corrected chi connectivity index (χ4v) is 6.46. The van der Waals surface area contributed by atoms with Gasteiger partial charge in [-0.2, -0.15) is 0 Å². The number of nitrogens with one attached hydrogen (secondary N) is 1. The summed E-state index contributed by atoms with van der Waals surface area (Å²) < 4.78 is 28.7. The highest BCUT2D eigenvalue weighted by Crippen LogP contribution is 2.25. The van der Waals surface area contributed by atoms with E-state index in [1.807, 2.05) is 6.92 Å². The van der Waals surface area contributed by atoms with Crippen molar-refractivity contribution in [2.75, 3.05) is 10.8 Å². The maximum absolute atomic E-state index is 14.0. The van der Waals surface area contributed by atoms with Crippen LogP contribution < -0.4 is 9.62 Å². The van der Waals surface area contributed by atoms with Crippen molar-refractivity contribution in [1.82, 2.24) is 10.2 Å². The summed E-state index contributed by atoms with van der Waals surface area (Å²) in [5, 5.41) is 3.67. The lowest BCUT2D eigenvalue weighted by molar-refractivity contribution is -0.139. The molecule has 1 aliphatic carbocycles. The van der Waals surface area contributed by atoms with Gasteiger partial charge in [-0.05, 0) is 68.7 Å². The molecule has 1 N–H and O–H groups in total. The lowest BCUT2D eigenvalue weighted by Crippen LogP contribution is -2.53. The second-order valence-corrected chi connectivity index (χ2v) is 12.6. The number of hydrogen-bond acceptors (Lipinski definition) is 4. The van der Waals surface area contributed by atoms with Gasteiger partial charge in [0.05, 0.1) is 10.6 Å². The van der Waals surface area contributed by atoms with Crippen molar-refractivity contribution in [1.29, 1.82) is 0 Å². The third kappa shape index (κ3) is 7.43. The van der Waals surface area contributed by atoms with Gasteiger partial charge in [0, 0.05) is 17.6 Å². The van der Waals surface area contributed by atoms with Gasteiger partial charge < -0.3 is 10.2 Å². The molecule has 0 bridgehead atoms. The SMILES string of the molecule is Cc1ccc(N(CC(=O)N(Cc2ccc(Cl)cc2)C(C)C(=O)NC2CCCCC2)S(=O)(=O)c2ccccc2)cc1. The standard InChI is InChI=1S/C31H36ClN3O4S/c1-23-13-19-28(20-14-23)35(40(38,39)29-11-7-4-8-12-29)22-30(36)34(21-25-15-17-26(32)18-16-25)24(2)31(37)33-27-9-5-3-6-10-27/h4,7-8,11-20,24,27H,3,5-6,9-10,21-22H2,1-2H3,(H,33,37). The van der Waals surface area contributed by atoms with E-state index in [0.717, 1.165) is 47.5 Å². The van der Waals surface area contributed by atoms with Crippen LogP contribution in [-0.4, -0.2) is 43.8 Å². The van der Waals surface area contributed by atoms with Crippen molar-refractivity contribution in [3.05, 3.63) is 95.0 Å². The second kappa shape index (κ2) is 13.3. The number of hydrogen-bond donors (Lipinski definition) is 1. The molecule has 0 heterocycles. The normalized spacial score (nSPS) is 14.8. The van der Waals surface area contributed by atoms with E-state index in [0.29, 0.717) is 10.7 Å². The Labute approximate surface area is 242 Å². The van der Waals surface area contributed by atoms with Crippen molar-refractivity contribution in [3.63, 3.8) is 0 Å². The fourth-order valence-electron chi connectivity index (χ4n) is 4.90. The van der Waals surface area contributed by atoms with E-state index in [1.165, 1.54) is 17.0 Å². The Kier molecular flexibility index (Phi) is 9.87. The number of sulfonamides is 1. The Morgan fingerprint density at radius 1 is 0.925 bits per heavy atom. The van der Waals surface area contributed by atoms with Crippen molar-refractivity contribution < 1.29 is 18.0 Å². The van der Waals surface area contributed by atoms with Gasteiger partial charge in [0.2, 0.25) is 11.8 Å². The molecule has 0 spiro atoms. The Morgan fingerprint density at radius 2 is 1.55 bits per heavy atom. The molecule has 0 aromatic heterocycles. The number of anilines is 1. The highest BCUT2D eigenvalue weighted by Gasteiger charge is 2.33. The van der Waals surface area contributed by atoms with E-state index >= 15 is 0 Å². The molecule has 1 atom stereocenters. The molecule has 212 valence electrons. The van der Waals surface area contributed by atoms with E-state index in [9.17, 15) is 18.0 Å². The van der Waals surface area contributed by atoms with Gasteiger partial charge in [-0.25, -0.2) is 8.42 Å². The van der Waals surface area contributed by atoms with Gasteiger partial charge in [0.15, 0.2) is 0 Å². The Hall–Kier alpha value is -3.36. The van der Waals surface area contributed by atoms with Gasteiger partial charge in [-0.1, -0.05) is 78.9 Å². The summed E-state index contributed by atoms with van der Waals surface area (Å²) in [6.45, 7) is 3.26. The molecule has 1 unspecified atom stereocenters. The predicted octanol–water partition coefficient (Wildman–Crippen LogP) is 5.71. The lowest BCUT2D eigenvalue weighted by atomic mass is 9.95. The Morgan fingerprint density at radius 3 is 2.17 bits per heavy atom. The van der Waals surface area contributed by atoms with Crippen molar-refractivity contribution in [2.45, 2.75) is 69.5 Å². The van der Waals surface area contributed by atoms with E-state index in [-0.39, 0.29) is 23.4 Å². The van der Waals surface area contributed by atoms with E-state index in [4.69, 9.17) is 11.6 Å². The molecule has 1 fully saturated rings. The third-order valence-electron chi connectivity index (χ3n) is 7.32. The first kappa shape index (κ1) is 29.6. The number of benzene rings is 3. The molecule has 40 heavy (non-hydrogen) atoms. The van der Waals surface area contributed by atoms with E-state index < -0.39 is 28.5 Å². The molecule has 3 aromatic rings. The number of nitrogens with zero attached hydrogens (tertiary/aromatic N) is 2. The zero-order chi connectivity index (χ0) is 28.7. The minimum Gasteiger partial charge on any atom is -0.352 e. The molecule has 4 rings (SSSR count). The summed E-state index contributed by atoms with van der Waals surface area (Å²) in [5.74, 6) is -0.733. The smallest absolute Gasteiger partial charge is 0.264 e. The number of carbonyl (C=O) groups excluding carboxylic acids is 2. The molecule has 0 radical (unpaired) electrons. The Balaban J connectivity index is 1.65. The first-order chi connectivity index (χ1) is 19.1. The third-order valence-corrected chi connectivity index (χ3v) is 9.36. The van der Waals surface area contributed by atoms with Gasteiger partial charge in [0.1, 0.15) is 12.6 Å². The minimum atomic E-state index is -4.07. The largest absolute Gasteiger partial charge is 0.352 e. The summed E-state index contributed by atoms with van der Waals surface area (Å²) in [6.07, 6.45) is 5.12. The van der Waals surface area contributed by atoms with Crippen LogP contribution in [-0.2, 0) is 26.2 Å². The Bertz CT molecular complexity index is 1390. The number of aryl methyl sites for hydroxylation is 1. The molecular weight excluding hydrogens is 546 g/mol. The highest BCUT2D eigenvalue weighted by molar-refractivity contribution is 7.92. The molecule has 9 heteroatoms. The van der Waals surface area contributed by atoms with Crippen LogP contribution in [0.5, 0.6) is 0 Å². The molecule has 3 aromatic carbocycles. The van der Waals surface area contributed by atoms with Crippen LogP contribution in [0.1, 0.15) is 50.2 Å². The van der Waals surface area contributed by atoms with Gasteiger partial charge >= 0.3 is 0 Å². The number of amides is 2. The average Bonchev–Trinajstić information content (AvgIpc) is 2.96. The molecule has 1 aliphatic rings. The van der Waals surface area contributed by atoms with Crippen molar-refractivity contribution in [2.24, 2.45) is 0 Å². The summed E-state index contributed by atoms with van der Waals surface area (Å²) in [6, 6.07) is 21.3. The molecular formula is C31H36ClN3O4S. The van der Waals surface area contributed by atoms with Gasteiger partial charge in [-0.3, -0.25) is 13.9 Å². The zero-order valence-electron chi connectivity index (χ0n) is 22.9. The van der Waals surface area contributed by atoms with E-state index in [1.54, 1.807) is 73.7 Å². The van der Waals surface area contributed by atoms with E-state index in [2.05, 4.69) is 5.32 Å². The maximum Gasteiger partial charge on any atom is 0.264 e. The van der Waals surface area contributed by atoms with Crippen LogP contribution in [0, 0.1) is 6.92 Å². The zero-order valence-corrected chi connectivity index (χ0v) is 24.5. The molecule has 1 saturated carbocycles. The first-order valence-electron chi connectivity index (χ1n) is 13.6. The summed E-state index contributed by atoms with van der Waals surface area (Å²) in [7, 11) is -4.07. The van der Waals surface area contributed by atoms with Crippen LogP contribution in [0.4, 0.5) is 5.69 Å². The van der Waals surface area contributed by atoms with Gasteiger partial charge in [0.25, 0.3) is 10.0 Å². The molecule has 2 amide bonds. The van der Waals surface area contributed by atoms with Gasteiger partial charge in [-0.15, -0.1) is 0 Å². The van der Waals surface area contributed by atoms with Crippen LogP contribution >= 0.6 is 11.6 Å². The topological polar surface area (TPSA) is 86.8 Å². The molecule has 0 aliphatic heterocycles. The van der Waals surface area contributed by atoms with Crippen LogP contribution in [0.25, 0.3) is 0 Å². The monoisotopic (exact) mass is 581 g/mol.